The quantitative estimate of drug-likeness (QED) is 0.654. The van der Waals surface area contributed by atoms with E-state index in [9.17, 15) is 10.1 Å². The second kappa shape index (κ2) is 8.02. The molecule has 1 amide bonds. The van der Waals surface area contributed by atoms with E-state index in [1.807, 2.05) is 38.1 Å². The van der Waals surface area contributed by atoms with Crippen molar-refractivity contribution in [2.75, 3.05) is 24.3 Å². The number of rotatable bonds is 4. The number of ether oxygens (including phenoxy) is 2. The summed E-state index contributed by atoms with van der Waals surface area (Å²) in [5.41, 5.74) is 4.07. The van der Waals surface area contributed by atoms with E-state index in [-0.39, 0.29) is 11.7 Å². The highest BCUT2D eigenvalue weighted by molar-refractivity contribution is 8.00. The van der Waals surface area contributed by atoms with Crippen molar-refractivity contribution in [3.05, 3.63) is 53.1 Å². The number of amides is 1. The zero-order valence-electron chi connectivity index (χ0n) is 16.1. The Balaban J connectivity index is 1.53. The predicted octanol–water partition coefficient (Wildman–Crippen LogP) is 4.23. The molecule has 1 N–H and O–H groups in total. The number of hydrogen-bond acceptors (Lipinski definition) is 6. The molecular formula is C22H19N3O3S. The molecule has 29 heavy (non-hydrogen) atoms. The number of anilines is 1. The average Bonchev–Trinajstić information content (AvgIpc) is 2.69. The normalized spacial score (nSPS) is 12.4. The van der Waals surface area contributed by atoms with Crippen LogP contribution >= 0.6 is 11.8 Å². The fourth-order valence-electron chi connectivity index (χ4n) is 3.26. The fraction of sp³-hybridized carbons (Fsp3) is 0.227. The van der Waals surface area contributed by atoms with Gasteiger partial charge in [-0.3, -0.25) is 4.79 Å². The van der Waals surface area contributed by atoms with Gasteiger partial charge in [0.25, 0.3) is 0 Å². The Morgan fingerprint density at radius 1 is 1.10 bits per heavy atom. The molecule has 1 aliphatic rings. The topological polar surface area (TPSA) is 84.2 Å². The molecular weight excluding hydrogens is 386 g/mol. The lowest BCUT2D eigenvalue weighted by atomic mass is 10.1. The van der Waals surface area contributed by atoms with Crippen molar-refractivity contribution in [1.29, 1.82) is 5.26 Å². The number of nitriles is 1. The Kier molecular flexibility index (Phi) is 5.28. The largest absolute Gasteiger partial charge is 0.486 e. The minimum absolute atomic E-state index is 0.145. The minimum atomic E-state index is -0.145. The SMILES string of the molecule is Cc1cc(C)cc(NC(=O)CSc2nc3cc4c(cc3cc2C#N)OCCO4)c1. The summed E-state index contributed by atoms with van der Waals surface area (Å²) in [6, 6.07) is 13.5. The van der Waals surface area contributed by atoms with E-state index in [1.165, 1.54) is 11.8 Å². The van der Waals surface area contributed by atoms with Gasteiger partial charge in [0, 0.05) is 17.1 Å². The van der Waals surface area contributed by atoms with Gasteiger partial charge in [-0.2, -0.15) is 5.26 Å². The van der Waals surface area contributed by atoms with Crippen molar-refractivity contribution < 1.29 is 14.3 Å². The van der Waals surface area contributed by atoms with Crippen LogP contribution in [0.4, 0.5) is 5.69 Å². The molecule has 0 saturated heterocycles. The number of pyridine rings is 1. The van der Waals surface area contributed by atoms with Gasteiger partial charge in [0.05, 0.1) is 16.8 Å². The van der Waals surface area contributed by atoms with Crippen molar-refractivity contribution in [2.24, 2.45) is 0 Å². The molecule has 0 saturated carbocycles. The van der Waals surface area contributed by atoms with Crippen molar-refractivity contribution in [1.82, 2.24) is 4.98 Å². The number of thioether (sulfide) groups is 1. The lowest BCUT2D eigenvalue weighted by Crippen LogP contribution is -2.15. The van der Waals surface area contributed by atoms with E-state index >= 15 is 0 Å². The van der Waals surface area contributed by atoms with Crippen molar-refractivity contribution in [3.8, 4) is 17.6 Å². The Bertz CT molecular complexity index is 1130. The van der Waals surface area contributed by atoms with Crippen LogP contribution in [0.25, 0.3) is 10.9 Å². The molecule has 2 aromatic carbocycles. The van der Waals surface area contributed by atoms with Crippen LogP contribution in [0, 0.1) is 25.2 Å². The van der Waals surface area contributed by atoms with Gasteiger partial charge in [0.1, 0.15) is 24.3 Å². The summed E-state index contributed by atoms with van der Waals surface area (Å²) in [6.45, 7) is 4.97. The number of benzene rings is 2. The number of hydrogen-bond donors (Lipinski definition) is 1. The van der Waals surface area contributed by atoms with E-state index in [4.69, 9.17) is 9.47 Å². The Morgan fingerprint density at radius 2 is 1.79 bits per heavy atom. The van der Waals surface area contributed by atoms with Gasteiger partial charge in [-0.25, -0.2) is 4.98 Å². The molecule has 0 bridgehead atoms. The molecule has 6 nitrogen and oxygen atoms in total. The summed E-state index contributed by atoms with van der Waals surface area (Å²) in [7, 11) is 0. The number of nitrogens with zero attached hydrogens (tertiary/aromatic N) is 2. The first-order valence-corrected chi connectivity index (χ1v) is 10.2. The first-order chi connectivity index (χ1) is 14.0. The number of carbonyl (C=O) groups is 1. The number of nitrogens with one attached hydrogen (secondary N) is 1. The highest BCUT2D eigenvalue weighted by Crippen LogP contribution is 2.35. The molecule has 7 heteroatoms. The second-order valence-corrected chi connectivity index (χ2v) is 7.82. The van der Waals surface area contributed by atoms with E-state index in [0.29, 0.717) is 40.8 Å². The molecule has 4 rings (SSSR count). The van der Waals surface area contributed by atoms with Gasteiger partial charge in [-0.1, -0.05) is 17.8 Å². The molecule has 3 aromatic rings. The maximum Gasteiger partial charge on any atom is 0.234 e. The third-order valence-corrected chi connectivity index (χ3v) is 5.40. The molecule has 2 heterocycles. The first-order valence-electron chi connectivity index (χ1n) is 9.17. The molecule has 0 spiro atoms. The third-order valence-electron chi connectivity index (χ3n) is 4.41. The highest BCUT2D eigenvalue weighted by atomic mass is 32.2. The van der Waals surface area contributed by atoms with Crippen LogP contribution < -0.4 is 14.8 Å². The van der Waals surface area contributed by atoms with E-state index in [2.05, 4.69) is 22.4 Å². The summed E-state index contributed by atoms with van der Waals surface area (Å²) >= 11 is 1.24. The summed E-state index contributed by atoms with van der Waals surface area (Å²) in [5, 5.41) is 13.7. The Morgan fingerprint density at radius 3 is 2.48 bits per heavy atom. The summed E-state index contributed by atoms with van der Waals surface area (Å²) in [6.07, 6.45) is 0. The summed E-state index contributed by atoms with van der Waals surface area (Å²) < 4.78 is 11.2. The van der Waals surface area contributed by atoms with E-state index < -0.39 is 0 Å². The standard InChI is InChI=1S/C22H19N3O3S/c1-13-5-14(2)7-17(6-13)24-21(26)12-29-22-16(11-23)8-15-9-19-20(10-18(15)25-22)28-4-3-27-19/h5-10H,3-4,12H2,1-2H3,(H,24,26). The van der Waals surface area contributed by atoms with Crippen LogP contribution in [0.2, 0.25) is 0 Å². The van der Waals surface area contributed by atoms with Crippen LogP contribution in [-0.4, -0.2) is 29.9 Å². The lowest BCUT2D eigenvalue weighted by Gasteiger charge is -2.18. The maximum atomic E-state index is 12.4. The number of carbonyl (C=O) groups excluding carboxylic acids is 1. The molecule has 0 unspecified atom stereocenters. The zero-order valence-corrected chi connectivity index (χ0v) is 16.9. The predicted molar refractivity (Wildman–Crippen MR) is 113 cm³/mol. The average molecular weight is 405 g/mol. The minimum Gasteiger partial charge on any atom is -0.486 e. The van der Waals surface area contributed by atoms with E-state index in [0.717, 1.165) is 22.2 Å². The molecule has 0 fully saturated rings. The number of fused-ring (bicyclic) bond motifs is 2. The van der Waals surface area contributed by atoms with Gasteiger partial charge in [0.15, 0.2) is 11.5 Å². The lowest BCUT2D eigenvalue weighted by molar-refractivity contribution is -0.113. The molecule has 0 atom stereocenters. The van der Waals surface area contributed by atoms with Crippen LogP contribution in [-0.2, 0) is 4.79 Å². The first kappa shape index (κ1) is 19.1. The summed E-state index contributed by atoms with van der Waals surface area (Å²) in [4.78, 5) is 17.0. The third kappa shape index (κ3) is 4.28. The fourth-order valence-corrected chi connectivity index (χ4v) is 4.02. The summed E-state index contributed by atoms with van der Waals surface area (Å²) in [5.74, 6) is 1.31. The number of aromatic nitrogens is 1. The number of aryl methyl sites for hydroxylation is 2. The van der Waals surface area contributed by atoms with Crippen molar-refractivity contribution in [2.45, 2.75) is 18.9 Å². The highest BCUT2D eigenvalue weighted by Gasteiger charge is 2.16. The Labute approximate surface area is 172 Å². The van der Waals surface area contributed by atoms with Gasteiger partial charge in [0.2, 0.25) is 5.91 Å². The van der Waals surface area contributed by atoms with Crippen LogP contribution in [0.5, 0.6) is 11.5 Å². The van der Waals surface area contributed by atoms with Crippen molar-refractivity contribution in [3.63, 3.8) is 0 Å². The van der Waals surface area contributed by atoms with Crippen LogP contribution in [0.3, 0.4) is 0 Å². The molecule has 1 aliphatic heterocycles. The molecule has 146 valence electrons. The van der Waals surface area contributed by atoms with Crippen molar-refractivity contribution >= 4 is 34.3 Å². The smallest absolute Gasteiger partial charge is 0.234 e. The van der Waals surface area contributed by atoms with E-state index in [1.54, 1.807) is 6.07 Å². The molecule has 0 aliphatic carbocycles. The second-order valence-electron chi connectivity index (χ2n) is 6.85. The van der Waals surface area contributed by atoms with Crippen LogP contribution in [0.15, 0.2) is 41.4 Å². The zero-order chi connectivity index (χ0) is 20.4. The van der Waals surface area contributed by atoms with Gasteiger partial charge in [-0.05, 0) is 49.2 Å². The van der Waals surface area contributed by atoms with Gasteiger partial charge >= 0.3 is 0 Å². The van der Waals surface area contributed by atoms with Gasteiger partial charge in [-0.15, -0.1) is 0 Å². The molecule has 0 radical (unpaired) electrons. The van der Waals surface area contributed by atoms with Gasteiger partial charge < -0.3 is 14.8 Å². The maximum absolute atomic E-state index is 12.4. The monoisotopic (exact) mass is 405 g/mol. The van der Waals surface area contributed by atoms with Crippen LogP contribution in [0.1, 0.15) is 16.7 Å². The Hall–Kier alpha value is -3.24. The molecule has 1 aromatic heterocycles.